The summed E-state index contributed by atoms with van der Waals surface area (Å²) in [5.74, 6) is -0.955. The summed E-state index contributed by atoms with van der Waals surface area (Å²) in [7, 11) is 0. The summed E-state index contributed by atoms with van der Waals surface area (Å²) in [5, 5.41) is 15.4. The van der Waals surface area contributed by atoms with E-state index in [-0.39, 0.29) is 24.1 Å². The van der Waals surface area contributed by atoms with Crippen molar-refractivity contribution in [3.63, 3.8) is 0 Å². The topological polar surface area (TPSA) is 99.5 Å². The summed E-state index contributed by atoms with van der Waals surface area (Å²) >= 11 is 6.45. The van der Waals surface area contributed by atoms with Crippen molar-refractivity contribution in [1.29, 1.82) is 0 Å². The Morgan fingerprint density at radius 3 is 2.78 bits per heavy atom. The number of hydrogen-bond acceptors (Lipinski definition) is 4. The molecule has 1 fully saturated rings. The summed E-state index contributed by atoms with van der Waals surface area (Å²) < 4.78 is 1.42. The van der Waals surface area contributed by atoms with Crippen LogP contribution in [0.3, 0.4) is 0 Å². The lowest BCUT2D eigenvalue weighted by atomic mass is 9.62. The predicted octanol–water partition coefficient (Wildman–Crippen LogP) is 2.32. The standard InChI is InChI=1S/C19H19ClN4O3/c20-14-5-2-1-4-13(14)19(6-3-7-19)15-9-16-22-12(10-21-11-18(26)27)8-17(25)24(16)23-15/h1-2,4-5,8-9,21,23H,3,6-7,10-11H2,(H,26,27). The molecule has 0 radical (unpaired) electrons. The van der Waals surface area contributed by atoms with Crippen LogP contribution >= 0.6 is 11.6 Å². The highest BCUT2D eigenvalue weighted by atomic mass is 35.5. The number of aromatic amines is 1. The SMILES string of the molecule is O=C(O)CNCc1cc(=O)n2[nH]c(C3(c4ccccc4Cl)CCC3)cc2n1. The highest BCUT2D eigenvalue weighted by Crippen LogP contribution is 2.50. The lowest BCUT2D eigenvalue weighted by molar-refractivity contribution is -0.136. The van der Waals surface area contributed by atoms with Gasteiger partial charge < -0.3 is 10.4 Å². The molecule has 1 aromatic carbocycles. The van der Waals surface area contributed by atoms with Gasteiger partial charge in [0.05, 0.1) is 12.2 Å². The Balaban J connectivity index is 1.73. The van der Waals surface area contributed by atoms with E-state index >= 15 is 0 Å². The molecule has 3 aromatic rings. The molecule has 2 aromatic heterocycles. The zero-order valence-electron chi connectivity index (χ0n) is 14.5. The monoisotopic (exact) mass is 386 g/mol. The number of aromatic nitrogens is 3. The minimum atomic E-state index is -0.955. The molecule has 3 N–H and O–H groups in total. The molecule has 0 amide bonds. The number of nitrogens with zero attached hydrogens (tertiary/aromatic N) is 2. The van der Waals surface area contributed by atoms with Crippen molar-refractivity contribution >= 4 is 23.2 Å². The Morgan fingerprint density at radius 2 is 2.11 bits per heavy atom. The quantitative estimate of drug-likeness (QED) is 0.603. The maximum atomic E-state index is 12.5. The molecule has 7 nitrogen and oxygen atoms in total. The van der Waals surface area contributed by atoms with E-state index in [1.54, 1.807) is 0 Å². The van der Waals surface area contributed by atoms with Crippen LogP contribution in [0.1, 0.15) is 36.2 Å². The molecule has 0 aliphatic heterocycles. The van der Waals surface area contributed by atoms with Gasteiger partial charge in [-0.15, -0.1) is 0 Å². The lowest BCUT2D eigenvalue weighted by Gasteiger charge is -2.42. The Labute approximate surface area is 160 Å². The fourth-order valence-corrected chi connectivity index (χ4v) is 4.05. The first-order valence-corrected chi connectivity index (χ1v) is 9.17. The number of halogens is 1. The third kappa shape index (κ3) is 3.13. The largest absolute Gasteiger partial charge is 0.480 e. The Bertz CT molecular complexity index is 1070. The first-order valence-electron chi connectivity index (χ1n) is 8.79. The fourth-order valence-electron chi connectivity index (χ4n) is 3.74. The first-order chi connectivity index (χ1) is 13.0. The second-order valence-corrected chi connectivity index (χ2v) is 7.27. The predicted molar refractivity (Wildman–Crippen MR) is 101 cm³/mol. The number of hydrogen-bond donors (Lipinski definition) is 3. The number of carboxylic acids is 1. The molecule has 1 saturated carbocycles. The van der Waals surface area contributed by atoms with E-state index in [1.165, 1.54) is 10.6 Å². The summed E-state index contributed by atoms with van der Waals surface area (Å²) in [6.45, 7) is 0.0310. The fraction of sp³-hybridized carbons (Fsp3) is 0.316. The van der Waals surface area contributed by atoms with Gasteiger partial charge in [-0.25, -0.2) is 9.50 Å². The van der Waals surface area contributed by atoms with E-state index in [0.717, 1.165) is 35.5 Å². The van der Waals surface area contributed by atoms with Gasteiger partial charge in [0.1, 0.15) is 0 Å². The number of fused-ring (bicyclic) bond motifs is 1. The van der Waals surface area contributed by atoms with Crippen LogP contribution in [-0.2, 0) is 16.8 Å². The highest BCUT2D eigenvalue weighted by Gasteiger charge is 2.43. The average molecular weight is 387 g/mol. The van der Waals surface area contributed by atoms with Crippen molar-refractivity contribution in [1.82, 2.24) is 19.9 Å². The summed E-state index contributed by atoms with van der Waals surface area (Å²) in [6, 6.07) is 11.1. The van der Waals surface area contributed by atoms with E-state index in [9.17, 15) is 9.59 Å². The Morgan fingerprint density at radius 1 is 1.33 bits per heavy atom. The summed E-state index contributed by atoms with van der Waals surface area (Å²) in [4.78, 5) is 27.6. The van der Waals surface area contributed by atoms with Crippen molar-refractivity contribution in [3.05, 3.63) is 68.7 Å². The highest BCUT2D eigenvalue weighted by molar-refractivity contribution is 6.31. The van der Waals surface area contributed by atoms with Crippen molar-refractivity contribution in [2.45, 2.75) is 31.2 Å². The van der Waals surface area contributed by atoms with Crippen LogP contribution in [0.5, 0.6) is 0 Å². The van der Waals surface area contributed by atoms with E-state index < -0.39 is 5.97 Å². The van der Waals surface area contributed by atoms with Gasteiger partial charge in [-0.3, -0.25) is 14.7 Å². The van der Waals surface area contributed by atoms with Gasteiger partial charge in [0, 0.05) is 34.8 Å². The second kappa shape index (κ2) is 6.83. The van der Waals surface area contributed by atoms with Crippen molar-refractivity contribution in [2.24, 2.45) is 0 Å². The molecule has 4 rings (SSSR count). The van der Waals surface area contributed by atoms with E-state index in [2.05, 4.69) is 15.4 Å². The molecule has 1 aliphatic carbocycles. The molecule has 1 aliphatic rings. The summed E-state index contributed by atoms with van der Waals surface area (Å²) in [5.41, 5.74) is 2.53. The molecule has 0 unspecified atom stereocenters. The minimum absolute atomic E-state index is 0.185. The minimum Gasteiger partial charge on any atom is -0.480 e. The number of aliphatic carboxylic acids is 1. The third-order valence-electron chi connectivity index (χ3n) is 5.20. The number of carbonyl (C=O) groups is 1. The van der Waals surface area contributed by atoms with Crippen molar-refractivity contribution in [3.8, 4) is 0 Å². The molecular formula is C19H19ClN4O3. The van der Waals surface area contributed by atoms with Crippen LogP contribution in [0, 0.1) is 0 Å². The number of rotatable bonds is 6. The number of H-pyrrole nitrogens is 1. The number of carboxylic acid groups (broad SMARTS) is 1. The molecule has 0 saturated heterocycles. The van der Waals surface area contributed by atoms with Crippen LogP contribution in [0.15, 0.2) is 41.2 Å². The molecule has 8 heteroatoms. The van der Waals surface area contributed by atoms with E-state index in [1.807, 2.05) is 30.3 Å². The van der Waals surface area contributed by atoms with E-state index in [0.29, 0.717) is 11.3 Å². The average Bonchev–Trinajstić information content (AvgIpc) is 3.00. The van der Waals surface area contributed by atoms with Gasteiger partial charge >= 0.3 is 5.97 Å². The van der Waals surface area contributed by atoms with Crippen molar-refractivity contribution in [2.75, 3.05) is 6.54 Å². The summed E-state index contributed by atoms with van der Waals surface area (Å²) in [6.07, 6.45) is 2.99. The zero-order chi connectivity index (χ0) is 19.0. The first kappa shape index (κ1) is 17.8. The van der Waals surface area contributed by atoms with Gasteiger partial charge in [0.15, 0.2) is 5.65 Å². The second-order valence-electron chi connectivity index (χ2n) is 6.86. The number of nitrogens with one attached hydrogen (secondary N) is 2. The van der Waals surface area contributed by atoms with E-state index in [4.69, 9.17) is 16.7 Å². The van der Waals surface area contributed by atoms with Gasteiger partial charge in [-0.05, 0) is 24.5 Å². The van der Waals surface area contributed by atoms with Crippen LogP contribution in [0.4, 0.5) is 0 Å². The molecule has 0 spiro atoms. The Kier molecular flexibility index (Phi) is 4.49. The maximum absolute atomic E-state index is 12.5. The van der Waals surface area contributed by atoms with Crippen LogP contribution in [0.2, 0.25) is 5.02 Å². The Hall–Kier alpha value is -2.64. The number of benzene rings is 1. The third-order valence-corrected chi connectivity index (χ3v) is 5.53. The molecule has 2 heterocycles. The van der Waals surface area contributed by atoms with Gasteiger partial charge in [0.25, 0.3) is 5.56 Å². The van der Waals surface area contributed by atoms with Crippen molar-refractivity contribution < 1.29 is 9.90 Å². The van der Waals surface area contributed by atoms with Gasteiger partial charge in [-0.1, -0.05) is 36.2 Å². The molecular weight excluding hydrogens is 368 g/mol. The molecule has 0 bridgehead atoms. The zero-order valence-corrected chi connectivity index (χ0v) is 15.3. The molecule has 0 atom stereocenters. The lowest BCUT2D eigenvalue weighted by Crippen LogP contribution is -2.36. The van der Waals surface area contributed by atoms with Gasteiger partial charge in [-0.2, -0.15) is 0 Å². The maximum Gasteiger partial charge on any atom is 0.317 e. The molecule has 27 heavy (non-hydrogen) atoms. The van der Waals surface area contributed by atoms with Crippen LogP contribution in [0.25, 0.3) is 5.65 Å². The van der Waals surface area contributed by atoms with Crippen LogP contribution in [-0.4, -0.2) is 32.2 Å². The van der Waals surface area contributed by atoms with Gasteiger partial charge in [0.2, 0.25) is 0 Å². The van der Waals surface area contributed by atoms with Crippen LogP contribution < -0.4 is 10.9 Å². The smallest absolute Gasteiger partial charge is 0.317 e. The normalized spacial score (nSPS) is 15.6. The molecule has 140 valence electrons.